The highest BCUT2D eigenvalue weighted by atomic mass is 16.2. The molecule has 7 nitrogen and oxygen atoms in total. The maximum absolute atomic E-state index is 11.5. The summed E-state index contributed by atoms with van der Waals surface area (Å²) in [5.74, 6) is -0.270. The zero-order valence-corrected chi connectivity index (χ0v) is 8.52. The molecule has 6 N–H and O–H groups in total. The maximum atomic E-state index is 11.5. The first-order valence-corrected chi connectivity index (χ1v) is 4.77. The Hall–Kier alpha value is -1.79. The van der Waals surface area contributed by atoms with Crippen LogP contribution in [-0.4, -0.2) is 42.4 Å². The Labute approximate surface area is 88.0 Å². The summed E-state index contributed by atoms with van der Waals surface area (Å²) in [7, 11) is 0. The summed E-state index contributed by atoms with van der Waals surface area (Å²) in [4.78, 5) is 20.5. The standard InChI is InChI=1S/C8H16N6O/c9-7(10)13-8(11)12-5-6(15)14-3-1-2-4-14/h1-5H2,(H6,9,10,11,12,13). The van der Waals surface area contributed by atoms with E-state index in [-0.39, 0.29) is 24.4 Å². The third-order valence-electron chi connectivity index (χ3n) is 2.08. The second-order valence-corrected chi connectivity index (χ2v) is 3.30. The minimum absolute atomic E-state index is 0.00259. The molecule has 1 fully saturated rings. The molecule has 1 aliphatic rings. The zero-order valence-electron chi connectivity index (χ0n) is 8.52. The molecule has 1 amide bonds. The first kappa shape index (κ1) is 11.3. The summed E-state index contributed by atoms with van der Waals surface area (Å²) in [6.07, 6.45) is 2.11. The van der Waals surface area contributed by atoms with Crippen molar-refractivity contribution in [1.29, 1.82) is 0 Å². The summed E-state index contributed by atoms with van der Waals surface area (Å²) < 4.78 is 0. The van der Waals surface area contributed by atoms with Gasteiger partial charge < -0.3 is 22.1 Å². The monoisotopic (exact) mass is 212 g/mol. The summed E-state index contributed by atoms with van der Waals surface area (Å²) in [6.45, 7) is 1.61. The molecule has 84 valence electrons. The Balaban J connectivity index is 2.41. The van der Waals surface area contributed by atoms with E-state index in [1.165, 1.54) is 0 Å². The molecule has 0 aromatic rings. The zero-order chi connectivity index (χ0) is 11.3. The van der Waals surface area contributed by atoms with E-state index in [1.807, 2.05) is 0 Å². The van der Waals surface area contributed by atoms with Crippen molar-refractivity contribution >= 4 is 17.8 Å². The Kier molecular flexibility index (Phi) is 3.90. The lowest BCUT2D eigenvalue weighted by Crippen LogP contribution is -2.31. The molecule has 0 saturated carbocycles. The number of carbonyl (C=O) groups is 1. The molecule has 15 heavy (non-hydrogen) atoms. The van der Waals surface area contributed by atoms with Crippen LogP contribution in [-0.2, 0) is 4.79 Å². The van der Waals surface area contributed by atoms with Crippen molar-refractivity contribution in [3.8, 4) is 0 Å². The number of carbonyl (C=O) groups excluding carboxylic acids is 1. The topological polar surface area (TPSA) is 123 Å². The van der Waals surface area contributed by atoms with Crippen LogP contribution in [0, 0.1) is 0 Å². The quantitative estimate of drug-likeness (QED) is 0.369. The first-order valence-electron chi connectivity index (χ1n) is 4.77. The van der Waals surface area contributed by atoms with Gasteiger partial charge in [0.05, 0.1) is 0 Å². The largest absolute Gasteiger partial charge is 0.370 e. The normalized spacial score (nSPS) is 16.5. The van der Waals surface area contributed by atoms with Gasteiger partial charge in [-0.1, -0.05) is 0 Å². The third-order valence-corrected chi connectivity index (χ3v) is 2.08. The molecule has 0 atom stereocenters. The maximum Gasteiger partial charge on any atom is 0.244 e. The Morgan fingerprint density at radius 1 is 1.20 bits per heavy atom. The molecule has 0 aliphatic carbocycles. The van der Waals surface area contributed by atoms with E-state index in [4.69, 9.17) is 17.2 Å². The highest BCUT2D eigenvalue weighted by Crippen LogP contribution is 2.07. The second kappa shape index (κ2) is 5.18. The summed E-state index contributed by atoms with van der Waals surface area (Å²) in [6, 6.07) is 0. The molecule has 1 heterocycles. The lowest BCUT2D eigenvalue weighted by molar-refractivity contribution is -0.128. The highest BCUT2D eigenvalue weighted by molar-refractivity contribution is 5.93. The van der Waals surface area contributed by atoms with Gasteiger partial charge in [0.1, 0.15) is 6.54 Å². The molecule has 1 saturated heterocycles. The third kappa shape index (κ3) is 3.84. The molecule has 1 rings (SSSR count). The van der Waals surface area contributed by atoms with Crippen molar-refractivity contribution in [2.45, 2.75) is 12.8 Å². The van der Waals surface area contributed by atoms with E-state index >= 15 is 0 Å². The van der Waals surface area contributed by atoms with Gasteiger partial charge in [0.2, 0.25) is 11.9 Å². The van der Waals surface area contributed by atoms with Crippen LogP contribution in [0.15, 0.2) is 9.98 Å². The van der Waals surface area contributed by atoms with E-state index in [0.29, 0.717) is 0 Å². The Morgan fingerprint density at radius 3 is 2.33 bits per heavy atom. The molecule has 0 unspecified atom stereocenters. The average molecular weight is 212 g/mol. The Bertz CT molecular complexity index is 288. The van der Waals surface area contributed by atoms with Crippen LogP contribution in [0.5, 0.6) is 0 Å². The minimum Gasteiger partial charge on any atom is -0.370 e. The van der Waals surface area contributed by atoms with Crippen LogP contribution in [0.1, 0.15) is 12.8 Å². The van der Waals surface area contributed by atoms with E-state index in [1.54, 1.807) is 4.90 Å². The van der Waals surface area contributed by atoms with Gasteiger partial charge in [-0.25, -0.2) is 4.99 Å². The van der Waals surface area contributed by atoms with Crippen molar-refractivity contribution in [3.05, 3.63) is 0 Å². The van der Waals surface area contributed by atoms with Crippen molar-refractivity contribution in [2.75, 3.05) is 19.6 Å². The van der Waals surface area contributed by atoms with Gasteiger partial charge in [-0.2, -0.15) is 4.99 Å². The van der Waals surface area contributed by atoms with Gasteiger partial charge in [0, 0.05) is 13.1 Å². The van der Waals surface area contributed by atoms with E-state index < -0.39 is 0 Å². The van der Waals surface area contributed by atoms with Crippen molar-refractivity contribution in [3.63, 3.8) is 0 Å². The molecule has 0 bridgehead atoms. The molecular formula is C8H16N6O. The number of likely N-dealkylation sites (tertiary alicyclic amines) is 1. The lowest BCUT2D eigenvalue weighted by atomic mass is 10.4. The van der Waals surface area contributed by atoms with Crippen molar-refractivity contribution < 1.29 is 4.79 Å². The van der Waals surface area contributed by atoms with Crippen LogP contribution < -0.4 is 17.2 Å². The first-order chi connectivity index (χ1) is 7.09. The molecule has 0 aromatic carbocycles. The SMILES string of the molecule is NC(N)=NC(N)=NCC(=O)N1CCCC1. The van der Waals surface area contributed by atoms with Gasteiger partial charge in [-0.3, -0.25) is 4.79 Å². The number of hydrogen-bond acceptors (Lipinski definition) is 2. The smallest absolute Gasteiger partial charge is 0.244 e. The van der Waals surface area contributed by atoms with Gasteiger partial charge in [-0.05, 0) is 12.8 Å². The van der Waals surface area contributed by atoms with E-state index in [2.05, 4.69) is 9.98 Å². The van der Waals surface area contributed by atoms with Crippen LogP contribution in [0.3, 0.4) is 0 Å². The highest BCUT2D eigenvalue weighted by Gasteiger charge is 2.16. The number of guanidine groups is 2. The summed E-state index contributed by atoms with van der Waals surface area (Å²) in [5.41, 5.74) is 15.5. The molecule has 1 aliphatic heterocycles. The predicted octanol–water partition coefficient (Wildman–Crippen LogP) is -1.80. The number of nitrogens with two attached hydrogens (primary N) is 3. The van der Waals surface area contributed by atoms with Gasteiger partial charge in [0.15, 0.2) is 5.96 Å². The second-order valence-electron chi connectivity index (χ2n) is 3.30. The molecule has 7 heteroatoms. The molecule has 0 spiro atoms. The van der Waals surface area contributed by atoms with Crippen LogP contribution in [0.25, 0.3) is 0 Å². The summed E-state index contributed by atoms with van der Waals surface area (Å²) in [5, 5.41) is 0. The predicted molar refractivity (Wildman–Crippen MR) is 58.1 cm³/mol. The van der Waals surface area contributed by atoms with Crippen LogP contribution >= 0.6 is 0 Å². The number of amides is 1. The Morgan fingerprint density at radius 2 is 1.80 bits per heavy atom. The molecule has 0 radical (unpaired) electrons. The molecule has 0 aromatic heterocycles. The van der Waals surface area contributed by atoms with Gasteiger partial charge in [-0.15, -0.1) is 0 Å². The number of aliphatic imine (C=N–C) groups is 2. The van der Waals surface area contributed by atoms with Gasteiger partial charge in [0.25, 0.3) is 0 Å². The minimum atomic E-state index is -0.162. The van der Waals surface area contributed by atoms with E-state index in [0.717, 1.165) is 25.9 Å². The lowest BCUT2D eigenvalue weighted by Gasteiger charge is -2.12. The number of rotatable bonds is 2. The van der Waals surface area contributed by atoms with E-state index in [9.17, 15) is 4.79 Å². The fourth-order valence-corrected chi connectivity index (χ4v) is 1.38. The fraction of sp³-hybridized carbons (Fsp3) is 0.625. The average Bonchev–Trinajstić information content (AvgIpc) is 2.65. The van der Waals surface area contributed by atoms with Gasteiger partial charge >= 0.3 is 0 Å². The number of nitrogens with zero attached hydrogens (tertiary/aromatic N) is 3. The summed E-state index contributed by atoms with van der Waals surface area (Å²) >= 11 is 0. The van der Waals surface area contributed by atoms with Crippen molar-refractivity contribution in [2.24, 2.45) is 27.2 Å². The number of hydrogen-bond donors (Lipinski definition) is 3. The fourth-order valence-electron chi connectivity index (χ4n) is 1.38. The van der Waals surface area contributed by atoms with Crippen molar-refractivity contribution in [1.82, 2.24) is 4.90 Å². The van der Waals surface area contributed by atoms with Crippen LogP contribution in [0.4, 0.5) is 0 Å². The van der Waals surface area contributed by atoms with Crippen LogP contribution in [0.2, 0.25) is 0 Å². The molecular weight excluding hydrogens is 196 g/mol.